The topological polar surface area (TPSA) is 65.4 Å². The molecule has 0 aliphatic carbocycles. The maximum absolute atomic E-state index is 13.1. The molecule has 0 bridgehead atoms. The zero-order valence-corrected chi connectivity index (χ0v) is 16.1. The first kappa shape index (κ1) is 18.9. The van der Waals surface area contributed by atoms with Crippen LogP contribution in [0.2, 0.25) is 0 Å². The molecular formula is C21H21NO4S. The molecule has 0 radical (unpaired) electrons. The van der Waals surface area contributed by atoms with Gasteiger partial charge in [0.15, 0.2) is 0 Å². The third-order valence-electron chi connectivity index (χ3n) is 4.28. The Kier molecular flexibility index (Phi) is 5.46. The fraction of sp³-hybridized carbons (Fsp3) is 0.190. The zero-order valence-electron chi connectivity index (χ0n) is 15.3. The van der Waals surface area contributed by atoms with Crippen molar-refractivity contribution < 1.29 is 17.9 Å². The van der Waals surface area contributed by atoms with Gasteiger partial charge in [0.2, 0.25) is 0 Å². The van der Waals surface area contributed by atoms with Gasteiger partial charge in [0.1, 0.15) is 6.61 Å². The number of ether oxygens (including phenoxy) is 1. The van der Waals surface area contributed by atoms with Crippen molar-refractivity contribution in [2.45, 2.75) is 31.8 Å². The summed E-state index contributed by atoms with van der Waals surface area (Å²) in [6.45, 7) is 3.10. The van der Waals surface area contributed by atoms with E-state index < -0.39 is 16.0 Å². The van der Waals surface area contributed by atoms with E-state index in [1.807, 2.05) is 37.3 Å². The number of benzene rings is 2. The van der Waals surface area contributed by atoms with Gasteiger partial charge in [-0.15, -0.1) is 0 Å². The van der Waals surface area contributed by atoms with Crippen LogP contribution >= 0.6 is 0 Å². The first-order valence-electron chi connectivity index (χ1n) is 8.56. The van der Waals surface area contributed by atoms with Gasteiger partial charge in [-0.2, -0.15) is 0 Å². The Morgan fingerprint density at radius 1 is 1.00 bits per heavy atom. The second-order valence-electron chi connectivity index (χ2n) is 6.34. The van der Waals surface area contributed by atoms with Crippen LogP contribution in [0.4, 0.5) is 0 Å². The normalized spacial score (nSPS) is 11.3. The Labute approximate surface area is 159 Å². The van der Waals surface area contributed by atoms with E-state index in [0.717, 1.165) is 16.7 Å². The van der Waals surface area contributed by atoms with E-state index in [4.69, 9.17) is 4.74 Å². The highest BCUT2D eigenvalue weighted by Crippen LogP contribution is 2.23. The van der Waals surface area contributed by atoms with Gasteiger partial charge in [-0.3, -0.25) is 4.79 Å². The van der Waals surface area contributed by atoms with E-state index in [1.54, 1.807) is 30.3 Å². The quantitative estimate of drug-likeness (QED) is 0.609. The molecule has 6 heteroatoms. The lowest BCUT2D eigenvalue weighted by atomic mass is 10.1. The predicted molar refractivity (Wildman–Crippen MR) is 103 cm³/mol. The SMILES string of the molecule is CC(=O)OCc1c(Cc2ccccc2)ccn1S(=O)(=O)c1ccc(C)cc1. The fourth-order valence-electron chi connectivity index (χ4n) is 2.84. The van der Waals surface area contributed by atoms with Gasteiger partial charge >= 0.3 is 5.97 Å². The number of rotatable bonds is 6. The minimum Gasteiger partial charge on any atom is -0.459 e. The average Bonchev–Trinajstić information content (AvgIpc) is 3.04. The summed E-state index contributed by atoms with van der Waals surface area (Å²) >= 11 is 0. The number of carbonyl (C=O) groups is 1. The van der Waals surface area contributed by atoms with Gasteiger partial charge in [0.25, 0.3) is 10.0 Å². The Hall–Kier alpha value is -2.86. The molecular weight excluding hydrogens is 362 g/mol. The Balaban J connectivity index is 2.03. The Morgan fingerprint density at radius 3 is 2.30 bits per heavy atom. The van der Waals surface area contributed by atoms with Gasteiger partial charge in [-0.25, -0.2) is 12.4 Å². The van der Waals surface area contributed by atoms with Crippen molar-refractivity contribution in [3.63, 3.8) is 0 Å². The van der Waals surface area contributed by atoms with Crippen molar-refractivity contribution >= 4 is 16.0 Å². The molecule has 0 amide bonds. The molecule has 0 spiro atoms. The minimum absolute atomic E-state index is 0.102. The molecule has 140 valence electrons. The first-order valence-corrected chi connectivity index (χ1v) is 10.0. The van der Waals surface area contributed by atoms with Gasteiger partial charge in [0.05, 0.1) is 10.6 Å². The van der Waals surface area contributed by atoms with Crippen LogP contribution in [0.25, 0.3) is 0 Å². The lowest BCUT2D eigenvalue weighted by Crippen LogP contribution is -2.17. The van der Waals surface area contributed by atoms with Crippen molar-refractivity contribution in [1.82, 2.24) is 3.97 Å². The maximum atomic E-state index is 13.1. The smallest absolute Gasteiger partial charge is 0.303 e. The minimum atomic E-state index is -3.78. The fourth-order valence-corrected chi connectivity index (χ4v) is 4.23. The van der Waals surface area contributed by atoms with E-state index in [-0.39, 0.29) is 11.5 Å². The second-order valence-corrected chi connectivity index (χ2v) is 8.16. The summed E-state index contributed by atoms with van der Waals surface area (Å²) in [6.07, 6.45) is 2.07. The molecule has 3 rings (SSSR count). The number of carbonyl (C=O) groups excluding carboxylic acids is 1. The van der Waals surface area contributed by atoms with E-state index in [9.17, 15) is 13.2 Å². The molecule has 2 aromatic carbocycles. The van der Waals surface area contributed by atoms with Crippen LogP contribution in [-0.4, -0.2) is 18.4 Å². The number of nitrogens with zero attached hydrogens (tertiary/aromatic N) is 1. The third-order valence-corrected chi connectivity index (χ3v) is 6.00. The Morgan fingerprint density at radius 2 is 1.67 bits per heavy atom. The molecule has 27 heavy (non-hydrogen) atoms. The predicted octanol–water partition coefficient (Wildman–Crippen LogP) is 3.69. The summed E-state index contributed by atoms with van der Waals surface area (Å²) in [5.41, 5.74) is 3.28. The van der Waals surface area contributed by atoms with Gasteiger partial charge in [-0.05, 0) is 42.7 Å². The van der Waals surface area contributed by atoms with Gasteiger partial charge < -0.3 is 4.74 Å². The number of hydrogen-bond donors (Lipinski definition) is 0. The van der Waals surface area contributed by atoms with E-state index in [0.29, 0.717) is 12.1 Å². The van der Waals surface area contributed by atoms with E-state index in [1.165, 1.54) is 17.1 Å². The van der Waals surface area contributed by atoms with Crippen LogP contribution in [0.15, 0.2) is 71.8 Å². The molecule has 0 aliphatic rings. The van der Waals surface area contributed by atoms with Crippen molar-refractivity contribution in [2.75, 3.05) is 0 Å². The number of aromatic nitrogens is 1. The second kappa shape index (κ2) is 7.80. The number of aryl methyl sites for hydroxylation is 1. The summed E-state index contributed by atoms with van der Waals surface area (Å²) in [5, 5.41) is 0. The highest BCUT2D eigenvalue weighted by molar-refractivity contribution is 7.90. The molecule has 1 heterocycles. The average molecular weight is 383 g/mol. The maximum Gasteiger partial charge on any atom is 0.303 e. The van der Waals surface area contributed by atoms with Crippen molar-refractivity contribution in [1.29, 1.82) is 0 Å². The first-order chi connectivity index (χ1) is 12.9. The summed E-state index contributed by atoms with van der Waals surface area (Å²) in [4.78, 5) is 11.5. The zero-order chi connectivity index (χ0) is 19.4. The molecule has 0 N–H and O–H groups in total. The van der Waals surface area contributed by atoms with Gasteiger partial charge in [0, 0.05) is 13.1 Å². The molecule has 3 aromatic rings. The largest absolute Gasteiger partial charge is 0.459 e. The molecule has 0 fully saturated rings. The van der Waals surface area contributed by atoms with E-state index in [2.05, 4.69) is 0 Å². The molecule has 5 nitrogen and oxygen atoms in total. The lowest BCUT2D eigenvalue weighted by molar-refractivity contribution is -0.142. The van der Waals surface area contributed by atoms with Crippen LogP contribution in [0.1, 0.15) is 29.3 Å². The molecule has 0 atom stereocenters. The van der Waals surface area contributed by atoms with Crippen LogP contribution in [0.5, 0.6) is 0 Å². The lowest BCUT2D eigenvalue weighted by Gasteiger charge is -2.13. The molecule has 1 aromatic heterocycles. The van der Waals surface area contributed by atoms with E-state index >= 15 is 0 Å². The molecule has 0 saturated heterocycles. The molecule has 0 unspecified atom stereocenters. The summed E-state index contributed by atoms with van der Waals surface area (Å²) in [5.74, 6) is -0.457. The molecule has 0 aliphatic heterocycles. The van der Waals surface area contributed by atoms with Crippen LogP contribution < -0.4 is 0 Å². The standard InChI is InChI=1S/C21H21NO4S/c1-16-8-10-20(11-9-16)27(24,25)22-13-12-19(21(22)15-26-17(2)23)14-18-6-4-3-5-7-18/h3-13H,14-15H2,1-2H3. The van der Waals surface area contributed by atoms with Gasteiger partial charge in [-0.1, -0.05) is 48.0 Å². The summed E-state index contributed by atoms with van der Waals surface area (Å²) in [7, 11) is -3.78. The molecule has 0 saturated carbocycles. The van der Waals surface area contributed by atoms with Crippen molar-refractivity contribution in [2.24, 2.45) is 0 Å². The number of esters is 1. The van der Waals surface area contributed by atoms with Crippen molar-refractivity contribution in [3.8, 4) is 0 Å². The third kappa shape index (κ3) is 4.28. The van der Waals surface area contributed by atoms with Crippen LogP contribution in [0, 0.1) is 6.92 Å². The highest BCUT2D eigenvalue weighted by atomic mass is 32.2. The Bertz CT molecular complexity index is 1040. The summed E-state index contributed by atoms with van der Waals surface area (Å²) in [6, 6.07) is 18.2. The number of hydrogen-bond acceptors (Lipinski definition) is 4. The highest BCUT2D eigenvalue weighted by Gasteiger charge is 2.22. The summed E-state index contributed by atoms with van der Waals surface area (Å²) < 4.78 is 32.5. The monoisotopic (exact) mass is 383 g/mol. The van der Waals surface area contributed by atoms with Crippen molar-refractivity contribution in [3.05, 3.63) is 89.2 Å². The van der Waals surface area contributed by atoms with Crippen LogP contribution in [-0.2, 0) is 32.6 Å². The van der Waals surface area contributed by atoms with Crippen LogP contribution in [0.3, 0.4) is 0 Å².